The van der Waals surface area contributed by atoms with Crippen molar-refractivity contribution < 1.29 is 33.6 Å². The molecular formula is C20H18O7. The lowest BCUT2D eigenvalue weighted by Crippen LogP contribution is -2.44. The van der Waals surface area contributed by atoms with Crippen molar-refractivity contribution in [1.82, 2.24) is 0 Å². The van der Waals surface area contributed by atoms with E-state index < -0.39 is 11.6 Å². The molecule has 3 aliphatic rings. The highest BCUT2D eigenvalue weighted by Crippen LogP contribution is 2.39. The highest BCUT2D eigenvalue weighted by molar-refractivity contribution is 5.82. The molecule has 140 valence electrons. The van der Waals surface area contributed by atoms with Gasteiger partial charge in [-0.15, -0.1) is 0 Å². The molecule has 0 radical (unpaired) electrons. The summed E-state index contributed by atoms with van der Waals surface area (Å²) in [5.74, 6) is 1.71. The van der Waals surface area contributed by atoms with Crippen molar-refractivity contribution in [2.24, 2.45) is 5.92 Å². The van der Waals surface area contributed by atoms with Gasteiger partial charge in [0.15, 0.2) is 28.6 Å². The third kappa shape index (κ3) is 2.75. The molecule has 5 rings (SSSR count). The average molecular weight is 370 g/mol. The van der Waals surface area contributed by atoms with Crippen molar-refractivity contribution in [2.75, 3.05) is 20.2 Å². The van der Waals surface area contributed by atoms with Crippen LogP contribution in [0.1, 0.15) is 11.1 Å². The van der Waals surface area contributed by atoms with E-state index in [9.17, 15) is 9.90 Å². The molecule has 0 bridgehead atoms. The maximum Gasteiger partial charge on any atom is 0.338 e. The van der Waals surface area contributed by atoms with E-state index in [0.29, 0.717) is 29.4 Å². The Morgan fingerprint density at radius 2 is 1.44 bits per heavy atom. The summed E-state index contributed by atoms with van der Waals surface area (Å²) < 4.78 is 26.6. The van der Waals surface area contributed by atoms with Crippen LogP contribution in [-0.2, 0) is 22.4 Å². The SMILES string of the molecule is O=C1OCC(Cc2ccc3c(c2)OCO3)[C@@]1(O)Cc1ccc2c(c1)OCO2. The Labute approximate surface area is 155 Å². The molecule has 7 heteroatoms. The number of rotatable bonds is 4. The van der Waals surface area contributed by atoms with Crippen LogP contribution in [0.3, 0.4) is 0 Å². The Bertz CT molecular complexity index is 909. The summed E-state index contributed by atoms with van der Waals surface area (Å²) in [5.41, 5.74) is 0.146. The highest BCUT2D eigenvalue weighted by atomic mass is 16.7. The van der Waals surface area contributed by atoms with E-state index in [2.05, 4.69) is 0 Å². The van der Waals surface area contributed by atoms with Gasteiger partial charge in [0.2, 0.25) is 13.6 Å². The largest absolute Gasteiger partial charge is 0.463 e. The molecule has 1 N–H and O–H groups in total. The smallest absolute Gasteiger partial charge is 0.338 e. The molecule has 1 unspecified atom stereocenters. The van der Waals surface area contributed by atoms with Crippen molar-refractivity contribution in [2.45, 2.75) is 18.4 Å². The second-order valence-corrected chi connectivity index (χ2v) is 6.98. The summed E-state index contributed by atoms with van der Waals surface area (Å²) in [6.07, 6.45) is 0.640. The fraction of sp³-hybridized carbons (Fsp3) is 0.350. The Kier molecular flexibility index (Phi) is 3.65. The Morgan fingerprint density at radius 1 is 0.852 bits per heavy atom. The summed E-state index contributed by atoms with van der Waals surface area (Å²) in [7, 11) is 0. The van der Waals surface area contributed by atoms with Crippen LogP contribution >= 0.6 is 0 Å². The molecule has 0 amide bonds. The van der Waals surface area contributed by atoms with Crippen LogP contribution in [0.2, 0.25) is 0 Å². The number of fused-ring (bicyclic) bond motifs is 2. The zero-order valence-electron chi connectivity index (χ0n) is 14.5. The van der Waals surface area contributed by atoms with E-state index >= 15 is 0 Å². The van der Waals surface area contributed by atoms with Crippen molar-refractivity contribution in [3.05, 3.63) is 47.5 Å². The lowest BCUT2D eigenvalue weighted by Gasteiger charge is -2.25. The lowest BCUT2D eigenvalue weighted by molar-refractivity contribution is -0.154. The van der Waals surface area contributed by atoms with E-state index in [1.165, 1.54) is 0 Å². The zero-order valence-corrected chi connectivity index (χ0v) is 14.5. The standard InChI is InChI=1S/C20H18O7/c21-19-20(22,8-13-2-4-16-18(7-13)27-11-25-16)14(9-23-19)5-12-1-3-15-17(6-12)26-10-24-15/h1-4,6-7,14,22H,5,8-11H2/t14?,20-/m0/s1. The molecule has 1 fully saturated rings. The lowest BCUT2D eigenvalue weighted by atomic mass is 9.81. The minimum Gasteiger partial charge on any atom is -0.463 e. The first kappa shape index (κ1) is 16.3. The predicted molar refractivity (Wildman–Crippen MR) is 91.9 cm³/mol. The number of aliphatic hydroxyl groups is 1. The topological polar surface area (TPSA) is 83.5 Å². The van der Waals surface area contributed by atoms with Crippen LogP contribution in [0, 0.1) is 5.92 Å². The fourth-order valence-electron chi connectivity index (χ4n) is 3.76. The summed E-state index contributed by atoms with van der Waals surface area (Å²) in [5, 5.41) is 11.2. The van der Waals surface area contributed by atoms with Gasteiger partial charge in [-0.3, -0.25) is 0 Å². The number of cyclic esters (lactones) is 1. The summed E-state index contributed by atoms with van der Waals surface area (Å²) in [6.45, 7) is 0.560. The molecule has 7 nitrogen and oxygen atoms in total. The molecule has 0 saturated carbocycles. The van der Waals surface area contributed by atoms with E-state index in [1.54, 1.807) is 12.1 Å². The molecule has 1 saturated heterocycles. The van der Waals surface area contributed by atoms with Crippen molar-refractivity contribution in [3.63, 3.8) is 0 Å². The fourth-order valence-corrected chi connectivity index (χ4v) is 3.76. The Morgan fingerprint density at radius 3 is 2.15 bits per heavy atom. The van der Waals surface area contributed by atoms with Gasteiger partial charge in [-0.1, -0.05) is 12.1 Å². The third-order valence-corrected chi connectivity index (χ3v) is 5.27. The van der Waals surface area contributed by atoms with Gasteiger partial charge in [-0.05, 0) is 41.8 Å². The minimum absolute atomic E-state index is 0.150. The maximum absolute atomic E-state index is 12.3. The van der Waals surface area contributed by atoms with Crippen LogP contribution in [0.15, 0.2) is 36.4 Å². The molecule has 3 aliphatic heterocycles. The number of hydrogen-bond donors (Lipinski definition) is 1. The third-order valence-electron chi connectivity index (χ3n) is 5.27. The van der Waals surface area contributed by atoms with Gasteiger partial charge in [-0.2, -0.15) is 0 Å². The van der Waals surface area contributed by atoms with Gasteiger partial charge in [0.1, 0.15) is 0 Å². The van der Waals surface area contributed by atoms with E-state index in [0.717, 1.165) is 11.1 Å². The number of esters is 1. The second-order valence-electron chi connectivity index (χ2n) is 6.98. The number of benzene rings is 2. The monoisotopic (exact) mass is 370 g/mol. The van der Waals surface area contributed by atoms with E-state index in [1.807, 2.05) is 24.3 Å². The summed E-state index contributed by atoms with van der Waals surface area (Å²) >= 11 is 0. The van der Waals surface area contributed by atoms with Crippen LogP contribution < -0.4 is 18.9 Å². The van der Waals surface area contributed by atoms with Gasteiger partial charge in [0.25, 0.3) is 0 Å². The van der Waals surface area contributed by atoms with Crippen LogP contribution in [0.25, 0.3) is 0 Å². The molecule has 0 aliphatic carbocycles. The first-order valence-electron chi connectivity index (χ1n) is 8.78. The van der Waals surface area contributed by atoms with Crippen LogP contribution in [-0.4, -0.2) is 36.9 Å². The highest BCUT2D eigenvalue weighted by Gasteiger charge is 2.51. The maximum atomic E-state index is 12.3. The number of ether oxygens (including phenoxy) is 5. The van der Waals surface area contributed by atoms with Gasteiger partial charge in [0.05, 0.1) is 6.61 Å². The van der Waals surface area contributed by atoms with Crippen LogP contribution in [0.4, 0.5) is 0 Å². The molecule has 2 atom stereocenters. The number of carbonyl (C=O) groups is 1. The van der Waals surface area contributed by atoms with Gasteiger partial charge in [-0.25, -0.2) is 4.79 Å². The van der Waals surface area contributed by atoms with Gasteiger partial charge >= 0.3 is 5.97 Å². The van der Waals surface area contributed by atoms with Gasteiger partial charge < -0.3 is 28.8 Å². The molecule has 27 heavy (non-hydrogen) atoms. The zero-order chi connectivity index (χ0) is 18.4. The minimum atomic E-state index is -1.59. The molecule has 0 aromatic heterocycles. The first-order valence-corrected chi connectivity index (χ1v) is 8.78. The molecule has 0 spiro atoms. The predicted octanol–water partition coefficient (Wildman–Crippen LogP) is 1.83. The second kappa shape index (κ2) is 6.06. The van der Waals surface area contributed by atoms with Gasteiger partial charge in [0, 0.05) is 12.3 Å². The number of hydrogen-bond acceptors (Lipinski definition) is 7. The molecular weight excluding hydrogens is 352 g/mol. The molecule has 2 aromatic rings. The summed E-state index contributed by atoms with van der Waals surface area (Å²) in [4.78, 5) is 12.3. The molecule has 2 aromatic carbocycles. The van der Waals surface area contributed by atoms with Crippen molar-refractivity contribution in [1.29, 1.82) is 0 Å². The molecule has 3 heterocycles. The Balaban J connectivity index is 1.38. The normalized spacial score (nSPS) is 24.9. The first-order chi connectivity index (χ1) is 13.1. The quantitative estimate of drug-likeness (QED) is 0.822. The van der Waals surface area contributed by atoms with Crippen molar-refractivity contribution in [3.8, 4) is 23.0 Å². The Hall–Kier alpha value is -2.93. The van der Waals surface area contributed by atoms with E-state index in [4.69, 9.17) is 23.7 Å². The van der Waals surface area contributed by atoms with E-state index in [-0.39, 0.29) is 32.5 Å². The van der Waals surface area contributed by atoms with Crippen LogP contribution in [0.5, 0.6) is 23.0 Å². The average Bonchev–Trinajstić information content (AvgIpc) is 3.37. The summed E-state index contributed by atoms with van der Waals surface area (Å²) in [6, 6.07) is 11.0. The number of carbonyl (C=O) groups excluding carboxylic acids is 1. The van der Waals surface area contributed by atoms with Crippen molar-refractivity contribution >= 4 is 5.97 Å².